The van der Waals surface area contributed by atoms with E-state index < -0.39 is 11.6 Å². The molecule has 0 amide bonds. The van der Waals surface area contributed by atoms with E-state index in [2.05, 4.69) is 21.2 Å². The summed E-state index contributed by atoms with van der Waals surface area (Å²) >= 11 is 9.42. The van der Waals surface area contributed by atoms with Gasteiger partial charge in [-0.3, -0.25) is 0 Å². The van der Waals surface area contributed by atoms with Gasteiger partial charge >= 0.3 is 0 Å². The number of halogens is 4. The molecule has 0 spiro atoms. The summed E-state index contributed by atoms with van der Waals surface area (Å²) in [5, 5.41) is 3.73. The van der Waals surface area contributed by atoms with Crippen molar-refractivity contribution in [2.24, 2.45) is 0 Å². The van der Waals surface area contributed by atoms with E-state index in [-0.39, 0.29) is 6.04 Å². The highest BCUT2D eigenvalue weighted by Crippen LogP contribution is 2.29. The molecule has 0 aliphatic rings. The Bertz CT molecular complexity index is 604. The largest absolute Gasteiger partial charge is 0.377 e. The standard InChI is InChI=1S/C14H11BrClF2N/c1-8(9-2-5-12(17)13(18)6-9)19-14-7-10(15)3-4-11(14)16/h2-8,19H,1H3. The molecule has 1 nitrogen and oxygen atoms in total. The lowest BCUT2D eigenvalue weighted by atomic mass is 10.1. The molecule has 2 aromatic carbocycles. The highest BCUT2D eigenvalue weighted by molar-refractivity contribution is 9.10. The minimum atomic E-state index is -0.855. The molecule has 0 aliphatic carbocycles. The Labute approximate surface area is 123 Å². The zero-order valence-corrected chi connectivity index (χ0v) is 12.4. The lowest BCUT2D eigenvalue weighted by molar-refractivity contribution is 0.506. The Morgan fingerprint density at radius 2 is 1.84 bits per heavy atom. The van der Waals surface area contributed by atoms with Crippen molar-refractivity contribution < 1.29 is 8.78 Å². The maximum absolute atomic E-state index is 13.2. The topological polar surface area (TPSA) is 12.0 Å². The average molecular weight is 347 g/mol. The van der Waals surface area contributed by atoms with Gasteiger partial charge in [-0.05, 0) is 42.8 Å². The summed E-state index contributed by atoms with van der Waals surface area (Å²) in [4.78, 5) is 0. The van der Waals surface area contributed by atoms with Gasteiger partial charge in [-0.1, -0.05) is 33.6 Å². The fraction of sp³-hybridized carbons (Fsp3) is 0.143. The third kappa shape index (κ3) is 3.45. The van der Waals surface area contributed by atoms with E-state index in [0.29, 0.717) is 10.6 Å². The van der Waals surface area contributed by atoms with Gasteiger partial charge in [0.1, 0.15) is 0 Å². The van der Waals surface area contributed by atoms with Gasteiger partial charge in [-0.15, -0.1) is 0 Å². The highest BCUT2D eigenvalue weighted by Gasteiger charge is 2.11. The molecule has 0 fully saturated rings. The first-order valence-electron chi connectivity index (χ1n) is 5.64. The van der Waals surface area contributed by atoms with E-state index in [1.165, 1.54) is 6.07 Å². The van der Waals surface area contributed by atoms with Gasteiger partial charge in [0, 0.05) is 10.5 Å². The number of benzene rings is 2. The monoisotopic (exact) mass is 345 g/mol. The summed E-state index contributed by atoms with van der Waals surface area (Å²) in [6.45, 7) is 1.85. The van der Waals surface area contributed by atoms with E-state index in [1.54, 1.807) is 12.1 Å². The number of nitrogens with one attached hydrogen (secondary N) is 1. The zero-order valence-electron chi connectivity index (χ0n) is 10.1. The summed E-state index contributed by atoms with van der Waals surface area (Å²) in [5.74, 6) is -1.71. The molecule has 0 aliphatic heterocycles. The summed E-state index contributed by atoms with van der Waals surface area (Å²) in [6.07, 6.45) is 0. The van der Waals surface area contributed by atoms with Crippen LogP contribution < -0.4 is 5.32 Å². The van der Waals surface area contributed by atoms with Gasteiger partial charge in [0.25, 0.3) is 0 Å². The second-order valence-corrected chi connectivity index (χ2v) is 5.49. The van der Waals surface area contributed by atoms with Crippen LogP contribution >= 0.6 is 27.5 Å². The first-order chi connectivity index (χ1) is 8.97. The van der Waals surface area contributed by atoms with Gasteiger partial charge in [0.05, 0.1) is 10.7 Å². The van der Waals surface area contributed by atoms with Crippen LogP contribution in [0.2, 0.25) is 5.02 Å². The van der Waals surface area contributed by atoms with Gasteiger partial charge < -0.3 is 5.32 Å². The van der Waals surface area contributed by atoms with E-state index in [9.17, 15) is 8.78 Å². The van der Waals surface area contributed by atoms with E-state index in [4.69, 9.17) is 11.6 Å². The molecule has 0 saturated carbocycles. The third-order valence-electron chi connectivity index (χ3n) is 2.74. The Balaban J connectivity index is 2.22. The smallest absolute Gasteiger partial charge is 0.159 e. The maximum atomic E-state index is 13.2. The lowest BCUT2D eigenvalue weighted by Gasteiger charge is -2.17. The Kier molecular flexibility index (Phi) is 4.42. The molecule has 5 heteroatoms. The van der Waals surface area contributed by atoms with Gasteiger partial charge in [-0.2, -0.15) is 0 Å². The van der Waals surface area contributed by atoms with Crippen LogP contribution in [0.4, 0.5) is 14.5 Å². The van der Waals surface area contributed by atoms with Crippen LogP contribution in [0.3, 0.4) is 0 Å². The first-order valence-corrected chi connectivity index (χ1v) is 6.81. The second-order valence-electron chi connectivity index (χ2n) is 4.16. The Morgan fingerprint density at radius 3 is 2.53 bits per heavy atom. The molecule has 0 heterocycles. The van der Waals surface area contributed by atoms with Crippen LogP contribution in [0.25, 0.3) is 0 Å². The van der Waals surface area contributed by atoms with Crippen LogP contribution in [-0.2, 0) is 0 Å². The van der Waals surface area contributed by atoms with Crippen LogP contribution in [0.5, 0.6) is 0 Å². The van der Waals surface area contributed by atoms with Gasteiger partial charge in [-0.25, -0.2) is 8.78 Å². The van der Waals surface area contributed by atoms with Crippen molar-refractivity contribution in [2.75, 3.05) is 5.32 Å². The number of hydrogen-bond acceptors (Lipinski definition) is 1. The molecular formula is C14H11BrClF2N. The van der Waals surface area contributed by atoms with Crippen molar-refractivity contribution in [1.82, 2.24) is 0 Å². The van der Waals surface area contributed by atoms with Crippen molar-refractivity contribution in [3.05, 3.63) is 63.1 Å². The zero-order chi connectivity index (χ0) is 14.0. The van der Waals surface area contributed by atoms with Crippen LogP contribution in [-0.4, -0.2) is 0 Å². The van der Waals surface area contributed by atoms with Crippen molar-refractivity contribution in [1.29, 1.82) is 0 Å². The summed E-state index contributed by atoms with van der Waals surface area (Å²) < 4.78 is 27.0. The maximum Gasteiger partial charge on any atom is 0.159 e. The van der Waals surface area contributed by atoms with Crippen LogP contribution in [0, 0.1) is 11.6 Å². The van der Waals surface area contributed by atoms with Crippen molar-refractivity contribution in [3.8, 4) is 0 Å². The minimum Gasteiger partial charge on any atom is -0.377 e. The molecular weight excluding hydrogens is 336 g/mol. The predicted molar refractivity (Wildman–Crippen MR) is 77.5 cm³/mol. The Morgan fingerprint density at radius 1 is 1.11 bits per heavy atom. The van der Waals surface area contributed by atoms with Crippen molar-refractivity contribution in [3.63, 3.8) is 0 Å². The van der Waals surface area contributed by atoms with Crippen LogP contribution in [0.15, 0.2) is 40.9 Å². The van der Waals surface area contributed by atoms with E-state index in [0.717, 1.165) is 16.2 Å². The third-order valence-corrected chi connectivity index (χ3v) is 3.57. The van der Waals surface area contributed by atoms with Crippen molar-refractivity contribution >= 4 is 33.2 Å². The molecule has 1 N–H and O–H groups in total. The fourth-order valence-corrected chi connectivity index (χ4v) is 2.24. The molecule has 0 aromatic heterocycles. The number of rotatable bonds is 3. The predicted octanol–water partition coefficient (Wildman–Crippen LogP) is 5.55. The molecule has 0 bridgehead atoms. The lowest BCUT2D eigenvalue weighted by Crippen LogP contribution is -2.07. The average Bonchev–Trinajstić information content (AvgIpc) is 2.37. The molecule has 1 unspecified atom stereocenters. The number of anilines is 1. The van der Waals surface area contributed by atoms with Crippen molar-refractivity contribution in [2.45, 2.75) is 13.0 Å². The molecule has 2 rings (SSSR count). The van der Waals surface area contributed by atoms with E-state index in [1.807, 2.05) is 19.1 Å². The van der Waals surface area contributed by atoms with Gasteiger partial charge in [0.15, 0.2) is 11.6 Å². The molecule has 19 heavy (non-hydrogen) atoms. The second kappa shape index (κ2) is 5.88. The highest BCUT2D eigenvalue weighted by atomic mass is 79.9. The molecule has 2 aromatic rings. The van der Waals surface area contributed by atoms with Gasteiger partial charge in [0.2, 0.25) is 0 Å². The summed E-state index contributed by atoms with van der Waals surface area (Å²) in [6, 6.07) is 9.06. The quantitative estimate of drug-likeness (QED) is 0.768. The first kappa shape index (κ1) is 14.3. The van der Waals surface area contributed by atoms with E-state index >= 15 is 0 Å². The Hall–Kier alpha value is -1.13. The molecule has 0 saturated heterocycles. The molecule has 1 atom stereocenters. The minimum absolute atomic E-state index is 0.193. The van der Waals surface area contributed by atoms with Crippen LogP contribution in [0.1, 0.15) is 18.5 Å². The summed E-state index contributed by atoms with van der Waals surface area (Å²) in [5.41, 5.74) is 1.38. The normalized spacial score (nSPS) is 12.3. The fourth-order valence-electron chi connectivity index (χ4n) is 1.71. The molecule has 100 valence electrons. The summed E-state index contributed by atoms with van der Waals surface area (Å²) in [7, 11) is 0. The number of hydrogen-bond donors (Lipinski definition) is 1. The SMILES string of the molecule is CC(Nc1cc(Br)ccc1Cl)c1ccc(F)c(F)c1. The molecule has 0 radical (unpaired) electrons.